The van der Waals surface area contributed by atoms with Crippen molar-refractivity contribution >= 4 is 17.3 Å². The molecule has 2 aromatic rings. The van der Waals surface area contributed by atoms with Crippen molar-refractivity contribution in [1.82, 2.24) is 9.80 Å². The Morgan fingerprint density at radius 3 is 2.19 bits per heavy atom. The molecule has 7 heteroatoms. The van der Waals surface area contributed by atoms with Gasteiger partial charge in [0.1, 0.15) is 11.7 Å². The van der Waals surface area contributed by atoms with Crippen molar-refractivity contribution in [3.05, 3.63) is 70.3 Å². The van der Waals surface area contributed by atoms with Crippen LogP contribution in [0.25, 0.3) is 0 Å². The maximum Gasteiger partial charge on any atom is 0.292 e. The largest absolute Gasteiger partial charge is 0.363 e. The highest BCUT2D eigenvalue weighted by Crippen LogP contribution is 2.30. The average molecular weight is 368 g/mol. The van der Waals surface area contributed by atoms with Gasteiger partial charge in [0.2, 0.25) is 5.91 Å². The van der Waals surface area contributed by atoms with Gasteiger partial charge in [0.15, 0.2) is 0 Å². The van der Waals surface area contributed by atoms with Crippen LogP contribution in [0.1, 0.15) is 11.6 Å². The number of nitrogens with zero attached hydrogens (tertiary/aromatic N) is 4. The highest BCUT2D eigenvalue weighted by atomic mass is 16.6. The number of nitro groups is 1. The SMILES string of the molecule is CN(C)C(=O)C(c1ccccc1)N1CCN(c2ccccc2[N+](=O)[O-])CC1. The zero-order chi connectivity index (χ0) is 19.4. The third kappa shape index (κ3) is 4.09. The molecule has 142 valence electrons. The van der Waals surface area contributed by atoms with Gasteiger partial charge in [-0.15, -0.1) is 0 Å². The highest BCUT2D eigenvalue weighted by Gasteiger charge is 2.32. The minimum atomic E-state index is -0.343. The topological polar surface area (TPSA) is 69.9 Å². The van der Waals surface area contributed by atoms with Crippen molar-refractivity contribution in [2.24, 2.45) is 0 Å². The maximum atomic E-state index is 12.8. The number of para-hydroxylation sites is 2. The van der Waals surface area contributed by atoms with Crippen molar-refractivity contribution in [3.8, 4) is 0 Å². The monoisotopic (exact) mass is 368 g/mol. The third-order valence-electron chi connectivity index (χ3n) is 4.89. The van der Waals surface area contributed by atoms with Crippen LogP contribution in [0.3, 0.4) is 0 Å². The van der Waals surface area contributed by atoms with Crippen LogP contribution in [0.15, 0.2) is 54.6 Å². The van der Waals surface area contributed by atoms with Gasteiger partial charge in [-0.3, -0.25) is 19.8 Å². The van der Waals surface area contributed by atoms with Crippen molar-refractivity contribution in [1.29, 1.82) is 0 Å². The molecule has 7 nitrogen and oxygen atoms in total. The van der Waals surface area contributed by atoms with Gasteiger partial charge >= 0.3 is 0 Å². The Morgan fingerprint density at radius 2 is 1.59 bits per heavy atom. The molecule has 0 aliphatic carbocycles. The molecule has 0 bridgehead atoms. The van der Waals surface area contributed by atoms with E-state index in [0.29, 0.717) is 31.9 Å². The molecule has 3 rings (SSSR count). The van der Waals surface area contributed by atoms with E-state index >= 15 is 0 Å². The summed E-state index contributed by atoms with van der Waals surface area (Å²) in [5.41, 5.74) is 1.72. The molecule has 1 atom stereocenters. The van der Waals surface area contributed by atoms with Crippen LogP contribution in [-0.4, -0.2) is 60.9 Å². The number of rotatable bonds is 5. The minimum Gasteiger partial charge on any atom is -0.363 e. The fourth-order valence-corrected chi connectivity index (χ4v) is 3.50. The van der Waals surface area contributed by atoms with Crippen LogP contribution >= 0.6 is 0 Å². The molecule has 0 radical (unpaired) electrons. The summed E-state index contributed by atoms with van der Waals surface area (Å²) in [7, 11) is 3.53. The summed E-state index contributed by atoms with van der Waals surface area (Å²) < 4.78 is 0. The fraction of sp³-hybridized carbons (Fsp3) is 0.350. The van der Waals surface area contributed by atoms with Crippen molar-refractivity contribution in [2.45, 2.75) is 6.04 Å². The van der Waals surface area contributed by atoms with Crippen LogP contribution in [0, 0.1) is 10.1 Å². The van der Waals surface area contributed by atoms with Crippen molar-refractivity contribution in [3.63, 3.8) is 0 Å². The smallest absolute Gasteiger partial charge is 0.292 e. The second-order valence-electron chi connectivity index (χ2n) is 6.81. The Balaban J connectivity index is 1.79. The number of anilines is 1. The van der Waals surface area contributed by atoms with E-state index in [4.69, 9.17) is 0 Å². The molecule has 1 aliphatic heterocycles. The van der Waals surface area contributed by atoms with E-state index in [-0.39, 0.29) is 22.6 Å². The first-order chi connectivity index (χ1) is 13.0. The first kappa shape index (κ1) is 18.8. The van der Waals surface area contributed by atoms with Gasteiger partial charge in [0.25, 0.3) is 5.69 Å². The Hall–Kier alpha value is -2.93. The molecule has 1 unspecified atom stereocenters. The number of carbonyl (C=O) groups is 1. The summed E-state index contributed by atoms with van der Waals surface area (Å²) in [5.74, 6) is 0.0420. The lowest BCUT2D eigenvalue weighted by Crippen LogP contribution is -2.51. The lowest BCUT2D eigenvalue weighted by Gasteiger charge is -2.40. The van der Waals surface area contributed by atoms with Gasteiger partial charge < -0.3 is 9.80 Å². The fourth-order valence-electron chi connectivity index (χ4n) is 3.50. The van der Waals surface area contributed by atoms with Crippen LogP contribution in [-0.2, 0) is 4.79 Å². The van der Waals surface area contributed by atoms with Gasteiger partial charge in [-0.25, -0.2) is 0 Å². The minimum absolute atomic E-state index is 0.0420. The summed E-state index contributed by atoms with van der Waals surface area (Å²) in [6, 6.07) is 16.2. The van der Waals surface area contributed by atoms with E-state index in [0.717, 1.165) is 5.56 Å². The van der Waals surface area contributed by atoms with E-state index < -0.39 is 0 Å². The number of amides is 1. The Bertz CT molecular complexity index is 802. The van der Waals surface area contributed by atoms with Crippen LogP contribution in [0.2, 0.25) is 0 Å². The van der Waals surface area contributed by atoms with Gasteiger partial charge in [0.05, 0.1) is 4.92 Å². The molecule has 1 amide bonds. The van der Waals surface area contributed by atoms with Crippen LogP contribution < -0.4 is 4.90 Å². The van der Waals surface area contributed by atoms with E-state index in [9.17, 15) is 14.9 Å². The molecule has 0 aromatic heterocycles. The van der Waals surface area contributed by atoms with Gasteiger partial charge in [-0.1, -0.05) is 42.5 Å². The van der Waals surface area contributed by atoms with E-state index in [1.165, 1.54) is 6.07 Å². The summed E-state index contributed by atoms with van der Waals surface area (Å²) in [6.45, 7) is 2.58. The number of hydrogen-bond donors (Lipinski definition) is 0. The molecule has 1 heterocycles. The number of nitro benzene ring substituents is 1. The van der Waals surface area contributed by atoms with Gasteiger partial charge in [-0.05, 0) is 11.6 Å². The number of piperazine rings is 1. The summed E-state index contributed by atoms with van der Waals surface area (Å²) in [5, 5.41) is 11.3. The molecular weight excluding hydrogens is 344 g/mol. The number of benzene rings is 2. The molecule has 27 heavy (non-hydrogen) atoms. The quantitative estimate of drug-likeness (QED) is 0.599. The van der Waals surface area contributed by atoms with Crippen LogP contribution in [0.4, 0.5) is 11.4 Å². The summed E-state index contributed by atoms with van der Waals surface area (Å²) in [6.07, 6.45) is 0. The summed E-state index contributed by atoms with van der Waals surface area (Å²) in [4.78, 5) is 29.6. The lowest BCUT2D eigenvalue weighted by molar-refractivity contribution is -0.384. The van der Waals surface area contributed by atoms with E-state index in [1.807, 2.05) is 41.3 Å². The second kappa shape index (κ2) is 8.18. The lowest BCUT2D eigenvalue weighted by atomic mass is 10.0. The molecule has 0 spiro atoms. The molecule has 1 saturated heterocycles. The molecule has 0 saturated carbocycles. The van der Waals surface area contributed by atoms with E-state index in [2.05, 4.69) is 4.90 Å². The molecule has 1 aliphatic rings. The molecular formula is C20H24N4O3. The zero-order valence-electron chi connectivity index (χ0n) is 15.6. The number of hydrogen-bond acceptors (Lipinski definition) is 5. The molecule has 2 aromatic carbocycles. The summed E-state index contributed by atoms with van der Waals surface area (Å²) >= 11 is 0. The second-order valence-corrected chi connectivity index (χ2v) is 6.81. The maximum absolute atomic E-state index is 12.8. The Labute approximate surface area is 158 Å². The highest BCUT2D eigenvalue weighted by molar-refractivity contribution is 5.83. The van der Waals surface area contributed by atoms with Gasteiger partial charge in [0, 0.05) is 46.3 Å². The van der Waals surface area contributed by atoms with Gasteiger partial charge in [-0.2, -0.15) is 0 Å². The molecule has 0 N–H and O–H groups in total. The Morgan fingerprint density at radius 1 is 1.00 bits per heavy atom. The predicted molar refractivity (Wildman–Crippen MR) is 105 cm³/mol. The standard InChI is InChI=1S/C20H24N4O3/c1-21(2)20(25)19(16-8-4-3-5-9-16)23-14-12-22(13-15-23)17-10-6-7-11-18(17)24(26)27/h3-11,19H,12-15H2,1-2H3. The van der Waals surface area contributed by atoms with Crippen LogP contribution in [0.5, 0.6) is 0 Å². The number of carbonyl (C=O) groups excluding carboxylic acids is 1. The third-order valence-corrected chi connectivity index (χ3v) is 4.89. The first-order valence-corrected chi connectivity index (χ1v) is 8.97. The predicted octanol–water partition coefficient (Wildman–Crippen LogP) is 2.55. The Kier molecular flexibility index (Phi) is 5.71. The molecule has 1 fully saturated rings. The van der Waals surface area contributed by atoms with Crippen molar-refractivity contribution < 1.29 is 9.72 Å². The zero-order valence-corrected chi connectivity index (χ0v) is 15.6. The van der Waals surface area contributed by atoms with E-state index in [1.54, 1.807) is 31.1 Å². The number of likely N-dealkylation sites (N-methyl/N-ethyl adjacent to an activating group) is 1. The first-order valence-electron chi connectivity index (χ1n) is 8.97. The van der Waals surface area contributed by atoms with Crippen molar-refractivity contribution in [2.75, 3.05) is 45.2 Å². The average Bonchev–Trinajstić information content (AvgIpc) is 2.69. The normalized spacial score (nSPS) is 16.0.